The van der Waals surface area contributed by atoms with Crippen molar-refractivity contribution < 1.29 is 106 Å². The molecule has 5 fully saturated rings. The number of carbonyl (C=O) groups excluding carboxylic acids is 17. The van der Waals surface area contributed by atoms with Crippen molar-refractivity contribution in [2.45, 2.75) is 266 Å². The highest BCUT2D eigenvalue weighted by atomic mass is 16.4. The number of hydrogen-bond donors (Lipinski definition) is 16. The number of likely N-dealkylation sites (tertiary alicyclic amines) is 5. The number of aliphatic carboxylic acids is 2. The summed E-state index contributed by atoms with van der Waals surface area (Å²) in [5.74, 6) is -18.2. The van der Waals surface area contributed by atoms with Crippen LogP contribution < -0.4 is 71.2 Å². The van der Waals surface area contributed by atoms with Crippen molar-refractivity contribution in [2.24, 2.45) is 45.6 Å². The molecule has 0 radical (unpaired) electrons. The lowest BCUT2D eigenvalue weighted by Gasteiger charge is -2.33. The average Bonchev–Trinajstić information content (AvgIpc) is 1.69. The van der Waals surface area contributed by atoms with Crippen LogP contribution in [-0.2, 0) is 104 Å². The summed E-state index contributed by atoms with van der Waals surface area (Å²) in [5, 5.41) is 54.6. The number of phenols is 1. The van der Waals surface area contributed by atoms with Gasteiger partial charge in [0.2, 0.25) is 100 Å². The Hall–Kier alpha value is -12.6. The van der Waals surface area contributed by atoms with E-state index in [2.05, 4.69) is 52.6 Å². The van der Waals surface area contributed by atoms with Gasteiger partial charge in [0.05, 0.1) is 12.1 Å². The van der Waals surface area contributed by atoms with Crippen LogP contribution in [0.3, 0.4) is 0 Å². The quantitative estimate of drug-likeness (QED) is 0.0176. The zero-order valence-corrected chi connectivity index (χ0v) is 69.4. The molecular weight excluding hydrogens is 1610 g/mol. The first-order valence-electron chi connectivity index (χ1n) is 41.4. The van der Waals surface area contributed by atoms with Gasteiger partial charge in [0, 0.05) is 82.6 Å². The number of azide groups is 1. The predicted octanol–water partition coefficient (Wildman–Crippen LogP) is -3.27. The SMILES string of the molecule is CC(C)C[C@H](NC(=O)[C@@H](N)CCC(N)=O)C(=O)N[C@@H](CCC(N)=O)C(=O)N1CCC[C@H]1C(=O)N[C@@H](Cc1ccccc1)C(=O)N1C[C@@H](N=[N+]=[N-])C[C@H]1C(=O)N[C@@H](CCC(N)=O)C(=O)N1CCC[C@H]1C(=O)N[C@@H](CCC(=O)O)C(=O)N[C@@H](CC(C)C)C(=O)N1CCC[C@H]1C(=O)N[C@@H](Cc1ccc(O)cc1)C(=O)N1CCC[C@H]1C(=O)N[C@@H](CCC(N)=O)C(=O)O. The minimum Gasteiger partial charge on any atom is -0.508 e. The molecule has 672 valence electrons. The van der Waals surface area contributed by atoms with Crippen LogP contribution in [0.15, 0.2) is 59.7 Å². The predicted molar refractivity (Wildman–Crippen MR) is 434 cm³/mol. The standard InChI is InChI=1S/C80H115N21O22/c1-42(2)36-53(91-67(109)48(81)22-27-62(82)103)69(111)88-50(23-28-63(83)104)75(117)98-33-9-16-59(98)72(114)94-56(38-44-12-6-5-7-13-44)79(121)101-41-46(95-96-86)40-61(101)74(116)89-51(24-29-64(84)105)76(118)97-32-8-14-57(97)70(112)87-49(26-31-66(107)108)68(110)92-54(37-43(3)4)77(119)99-34-11-17-60(99)73(115)93-55(39-45-18-20-47(102)21-19-45)78(120)100-35-10-15-58(100)71(113)90-52(80(122)123)25-30-65(85)106/h5-7,12-13,18-21,42-43,46,48-61,102H,8-11,14-17,22-41,81H2,1-4H3,(H2,82,103)(H2,83,104)(H2,84,105)(H2,85,106)(H,87,112)(H,88,111)(H,89,116)(H,90,113)(H,91,109)(H,92,110)(H,93,115)(H,94,114)(H,107,108)(H,122,123)/t46-,48-,49-,50-,51-,52-,53-,54-,55-,56-,57-,58-,59-,60-,61-/m0/s1. The Balaban J connectivity index is 1.08. The fourth-order valence-corrected chi connectivity index (χ4v) is 15.9. The maximum Gasteiger partial charge on any atom is 0.326 e. The highest BCUT2D eigenvalue weighted by molar-refractivity contribution is 6.01. The van der Waals surface area contributed by atoms with Gasteiger partial charge >= 0.3 is 11.9 Å². The largest absolute Gasteiger partial charge is 0.508 e. The molecule has 43 heteroatoms. The molecule has 7 rings (SSSR count). The van der Waals surface area contributed by atoms with Crippen LogP contribution in [0.1, 0.15) is 174 Å². The lowest BCUT2D eigenvalue weighted by atomic mass is 10.0. The summed E-state index contributed by atoms with van der Waals surface area (Å²) >= 11 is 0. The smallest absolute Gasteiger partial charge is 0.326 e. The molecule has 0 saturated carbocycles. The molecule has 2 aromatic carbocycles. The summed E-state index contributed by atoms with van der Waals surface area (Å²) in [6, 6.07) is -7.29. The highest BCUT2D eigenvalue weighted by Crippen LogP contribution is 2.29. The van der Waals surface area contributed by atoms with E-state index in [4.69, 9.17) is 28.7 Å². The molecule has 5 saturated heterocycles. The van der Waals surface area contributed by atoms with E-state index in [1.807, 2.05) is 0 Å². The number of aromatic hydroxyl groups is 1. The van der Waals surface area contributed by atoms with Gasteiger partial charge in [-0.25, -0.2) is 4.79 Å². The summed E-state index contributed by atoms with van der Waals surface area (Å²) in [7, 11) is 0. The molecular formula is C80H115N21O22. The lowest BCUT2D eigenvalue weighted by molar-refractivity contribution is -0.146. The van der Waals surface area contributed by atoms with Crippen molar-refractivity contribution in [1.82, 2.24) is 67.0 Å². The van der Waals surface area contributed by atoms with Gasteiger partial charge in [-0.3, -0.25) is 86.3 Å². The number of nitrogens with one attached hydrogen (secondary N) is 8. The van der Waals surface area contributed by atoms with E-state index >= 15 is 14.4 Å². The number of rotatable bonds is 46. The summed E-state index contributed by atoms with van der Waals surface area (Å²) in [6.07, 6.45) is -3.90. The number of carboxylic acids is 2. The molecule has 5 aliphatic heterocycles. The number of nitrogens with zero attached hydrogens (tertiary/aromatic N) is 8. The molecule has 0 aliphatic carbocycles. The molecule has 2 aromatic rings. The molecule has 5 heterocycles. The second-order valence-corrected chi connectivity index (χ2v) is 32.6. The van der Waals surface area contributed by atoms with Gasteiger partial charge in [0.25, 0.3) is 0 Å². The third kappa shape index (κ3) is 28.8. The number of benzene rings is 2. The van der Waals surface area contributed by atoms with E-state index in [1.165, 1.54) is 39.0 Å². The third-order valence-electron chi connectivity index (χ3n) is 22.2. The molecule has 43 nitrogen and oxygen atoms in total. The molecule has 0 unspecified atom stereocenters. The Morgan fingerprint density at radius 1 is 0.415 bits per heavy atom. The van der Waals surface area contributed by atoms with Crippen molar-refractivity contribution in [3.8, 4) is 5.75 Å². The van der Waals surface area contributed by atoms with Crippen molar-refractivity contribution in [1.29, 1.82) is 0 Å². The second kappa shape index (κ2) is 46.5. The first-order chi connectivity index (χ1) is 58.2. The van der Waals surface area contributed by atoms with Crippen LogP contribution in [0, 0.1) is 11.8 Å². The lowest BCUT2D eigenvalue weighted by Crippen LogP contribution is -2.61. The zero-order chi connectivity index (χ0) is 90.6. The third-order valence-corrected chi connectivity index (χ3v) is 22.2. The maximum atomic E-state index is 15.4. The molecule has 0 spiro atoms. The Labute approximate surface area is 709 Å². The number of amides is 17. The van der Waals surface area contributed by atoms with Crippen LogP contribution >= 0.6 is 0 Å². The van der Waals surface area contributed by atoms with Gasteiger partial charge in [0.1, 0.15) is 84.3 Å². The summed E-state index contributed by atoms with van der Waals surface area (Å²) in [4.78, 5) is 271. The fourth-order valence-electron chi connectivity index (χ4n) is 15.9. The first kappa shape index (κ1) is 97.6. The van der Waals surface area contributed by atoms with E-state index in [1.54, 1.807) is 58.0 Å². The van der Waals surface area contributed by atoms with Gasteiger partial charge in [-0.1, -0.05) is 75.3 Å². The topological polar surface area (TPSA) is 676 Å². The molecule has 0 bridgehead atoms. The highest BCUT2D eigenvalue weighted by Gasteiger charge is 2.49. The van der Waals surface area contributed by atoms with Crippen molar-refractivity contribution >= 4 is 112 Å². The number of phenolic OH excluding ortho intramolecular Hbond substituents is 1. The summed E-state index contributed by atoms with van der Waals surface area (Å²) < 4.78 is 0. The molecule has 15 atom stereocenters. The van der Waals surface area contributed by atoms with Crippen molar-refractivity contribution in [3.05, 3.63) is 76.2 Å². The molecule has 21 N–H and O–H groups in total. The van der Waals surface area contributed by atoms with E-state index in [0.717, 1.165) is 9.80 Å². The van der Waals surface area contributed by atoms with E-state index in [-0.39, 0.29) is 153 Å². The van der Waals surface area contributed by atoms with Crippen LogP contribution in [0.25, 0.3) is 10.4 Å². The number of primary amides is 4. The minimum absolute atomic E-state index is 0.0129. The second-order valence-electron chi connectivity index (χ2n) is 32.6. The fraction of sp³-hybridized carbons (Fsp3) is 0.613. The minimum atomic E-state index is -1.72. The number of carbonyl (C=O) groups is 19. The Kier molecular flexibility index (Phi) is 36.8. The van der Waals surface area contributed by atoms with Gasteiger partial charge in [-0.15, -0.1) is 0 Å². The molecule has 123 heavy (non-hydrogen) atoms. The summed E-state index contributed by atoms with van der Waals surface area (Å²) in [6.45, 7) is 6.33. The normalized spacial score (nSPS) is 20.2. The van der Waals surface area contributed by atoms with E-state index in [0.29, 0.717) is 17.5 Å². The maximum absolute atomic E-state index is 15.4. The van der Waals surface area contributed by atoms with Crippen LogP contribution in [-0.4, -0.2) is 276 Å². The van der Waals surface area contributed by atoms with Gasteiger partial charge < -0.3 is 111 Å². The summed E-state index contributed by atoms with van der Waals surface area (Å²) in [5.41, 5.74) is 38.3. The van der Waals surface area contributed by atoms with Crippen molar-refractivity contribution in [2.75, 3.05) is 32.7 Å². The Morgan fingerprint density at radius 3 is 1.19 bits per heavy atom. The first-order valence-corrected chi connectivity index (χ1v) is 41.4. The molecule has 17 amide bonds. The Bertz CT molecular complexity index is 4260. The molecule has 0 aromatic heterocycles. The zero-order valence-electron chi connectivity index (χ0n) is 69.4. The van der Waals surface area contributed by atoms with Gasteiger partial charge in [-0.05, 0) is 143 Å². The monoisotopic (exact) mass is 1720 g/mol. The number of nitrogens with two attached hydrogens (primary N) is 5. The van der Waals surface area contributed by atoms with Gasteiger partial charge in [-0.2, -0.15) is 0 Å². The van der Waals surface area contributed by atoms with E-state index < -0.39 is 242 Å². The van der Waals surface area contributed by atoms with Crippen LogP contribution in [0.2, 0.25) is 0 Å². The number of hydrogen-bond acceptors (Lipinski definition) is 22. The van der Waals surface area contributed by atoms with E-state index in [9.17, 15) is 97.6 Å². The van der Waals surface area contributed by atoms with Crippen molar-refractivity contribution in [3.63, 3.8) is 0 Å². The number of carboxylic acid groups (broad SMARTS) is 2. The van der Waals surface area contributed by atoms with Gasteiger partial charge in [0.15, 0.2) is 0 Å². The Morgan fingerprint density at radius 2 is 0.756 bits per heavy atom. The van der Waals surface area contributed by atoms with Crippen LogP contribution in [0.5, 0.6) is 5.75 Å². The van der Waals surface area contributed by atoms with Crippen LogP contribution in [0.4, 0.5) is 0 Å². The molecule has 5 aliphatic rings. The average molecular weight is 1720 g/mol.